The fraction of sp³-hybridized carbons (Fsp3) is 0.0455. The molecule has 8 nitrogen and oxygen atoms in total. The molecule has 5 rings (SSSR count). The van der Waals surface area contributed by atoms with Gasteiger partial charge in [-0.3, -0.25) is 19.7 Å². The Morgan fingerprint density at radius 1 is 0.900 bits per heavy atom. The van der Waals surface area contributed by atoms with Gasteiger partial charge in [0.2, 0.25) is 5.82 Å². The number of carbonyl (C=O) groups is 2. The highest BCUT2D eigenvalue weighted by Gasteiger charge is 2.16. The average Bonchev–Trinajstić information content (AvgIpc) is 3.40. The van der Waals surface area contributed by atoms with E-state index in [9.17, 15) is 9.59 Å². The summed E-state index contributed by atoms with van der Waals surface area (Å²) in [7, 11) is 0. The van der Waals surface area contributed by atoms with E-state index in [4.69, 9.17) is 0 Å². The van der Waals surface area contributed by atoms with E-state index in [2.05, 4.69) is 30.5 Å². The van der Waals surface area contributed by atoms with E-state index in [-0.39, 0.29) is 18.2 Å². The highest BCUT2D eigenvalue weighted by molar-refractivity contribution is 6.04. The van der Waals surface area contributed by atoms with Crippen molar-refractivity contribution in [3.63, 3.8) is 0 Å². The number of rotatable bonds is 5. The van der Waals surface area contributed by atoms with E-state index < -0.39 is 5.91 Å². The van der Waals surface area contributed by atoms with E-state index in [1.165, 1.54) is 0 Å². The van der Waals surface area contributed by atoms with Crippen LogP contribution in [-0.4, -0.2) is 43.4 Å². The molecule has 0 unspecified atom stereocenters. The fourth-order valence-corrected chi connectivity index (χ4v) is 3.33. The standard InChI is InChI=1S/C22H16N6O2/c29-19(13-4-2-1-3-5-13)12-24-22(30)21-25-17-10-15-16(11-18(17)26-21)27-28-20(15)14-6-8-23-9-7-14/h1-11,27-28H,12H2,(H,24,30). The zero-order valence-electron chi connectivity index (χ0n) is 15.7. The molecule has 0 aliphatic heterocycles. The molecule has 30 heavy (non-hydrogen) atoms. The van der Waals surface area contributed by atoms with E-state index in [0.29, 0.717) is 16.6 Å². The molecule has 1 amide bonds. The van der Waals surface area contributed by atoms with Gasteiger partial charge in [-0.2, -0.15) is 0 Å². The summed E-state index contributed by atoms with van der Waals surface area (Å²) in [4.78, 5) is 37.4. The summed E-state index contributed by atoms with van der Waals surface area (Å²) in [6, 6.07) is 16.3. The second-order valence-corrected chi connectivity index (χ2v) is 6.77. The first-order valence-corrected chi connectivity index (χ1v) is 9.34. The number of Topliss-reactive ketones (excluding diaryl/α,β-unsaturated/α-hetero) is 1. The molecule has 0 saturated heterocycles. The number of carbonyl (C=O) groups excluding carboxylic acids is 2. The van der Waals surface area contributed by atoms with E-state index in [0.717, 1.165) is 22.2 Å². The van der Waals surface area contributed by atoms with Crippen molar-refractivity contribution in [2.24, 2.45) is 0 Å². The summed E-state index contributed by atoms with van der Waals surface area (Å²) in [5.74, 6) is -0.626. The Kier molecular flexibility index (Phi) is 4.29. The van der Waals surface area contributed by atoms with E-state index in [1.54, 1.807) is 36.7 Å². The molecule has 0 aliphatic rings. The number of benzene rings is 2. The van der Waals surface area contributed by atoms with Crippen molar-refractivity contribution in [1.82, 2.24) is 30.5 Å². The maximum absolute atomic E-state index is 12.5. The number of hydrogen-bond donors (Lipinski definition) is 3. The largest absolute Gasteiger partial charge is 0.342 e. The number of ketones is 1. The molecule has 8 heteroatoms. The minimum absolute atomic E-state index is 0.0351. The minimum Gasteiger partial charge on any atom is -0.342 e. The number of amides is 1. The Balaban J connectivity index is 1.40. The number of aromatic nitrogens is 5. The second-order valence-electron chi connectivity index (χ2n) is 6.77. The Bertz CT molecular complexity index is 1370. The van der Waals surface area contributed by atoms with Crippen LogP contribution in [0.5, 0.6) is 0 Å². The molecule has 5 aromatic rings. The van der Waals surface area contributed by atoms with E-state index in [1.807, 2.05) is 30.3 Å². The predicted molar refractivity (Wildman–Crippen MR) is 112 cm³/mol. The van der Waals surface area contributed by atoms with Crippen molar-refractivity contribution >= 4 is 33.6 Å². The van der Waals surface area contributed by atoms with Crippen LogP contribution < -0.4 is 5.32 Å². The highest BCUT2D eigenvalue weighted by Crippen LogP contribution is 2.28. The third-order valence-electron chi connectivity index (χ3n) is 4.84. The first-order valence-electron chi connectivity index (χ1n) is 9.34. The lowest BCUT2D eigenvalue weighted by Gasteiger charge is -2.02. The van der Waals surface area contributed by atoms with Gasteiger partial charge in [-0.15, -0.1) is 0 Å². The molecule has 0 bridgehead atoms. The van der Waals surface area contributed by atoms with Gasteiger partial charge in [0, 0.05) is 28.9 Å². The van der Waals surface area contributed by atoms with Crippen molar-refractivity contribution in [2.75, 3.05) is 6.54 Å². The van der Waals surface area contributed by atoms with Crippen LogP contribution in [0.25, 0.3) is 33.2 Å². The van der Waals surface area contributed by atoms with Crippen LogP contribution in [0.15, 0.2) is 67.0 Å². The number of fused-ring (bicyclic) bond motifs is 2. The minimum atomic E-state index is -0.486. The number of H-pyrrole nitrogens is 2. The first-order chi connectivity index (χ1) is 14.7. The summed E-state index contributed by atoms with van der Waals surface area (Å²) in [6.07, 6.45) is 3.45. The van der Waals surface area contributed by atoms with Gasteiger partial charge in [0.05, 0.1) is 28.8 Å². The predicted octanol–water partition coefficient (Wildman–Crippen LogP) is 3.11. The van der Waals surface area contributed by atoms with Crippen molar-refractivity contribution in [3.8, 4) is 11.3 Å². The molecule has 3 heterocycles. The molecule has 0 fully saturated rings. The average molecular weight is 396 g/mol. The third-order valence-corrected chi connectivity index (χ3v) is 4.84. The lowest BCUT2D eigenvalue weighted by Crippen LogP contribution is -2.30. The number of hydrogen-bond acceptors (Lipinski definition) is 5. The Hall–Kier alpha value is -4.33. The van der Waals surface area contributed by atoms with Gasteiger partial charge in [0.1, 0.15) is 0 Å². The number of imidazole rings is 1. The van der Waals surface area contributed by atoms with Crippen LogP contribution in [0.2, 0.25) is 0 Å². The molecule has 2 aromatic carbocycles. The lowest BCUT2D eigenvalue weighted by molar-refractivity contribution is 0.0898. The van der Waals surface area contributed by atoms with Crippen LogP contribution in [-0.2, 0) is 0 Å². The summed E-state index contributed by atoms with van der Waals surface area (Å²) >= 11 is 0. The summed E-state index contributed by atoms with van der Waals surface area (Å²) in [5.41, 5.74) is 4.47. The van der Waals surface area contributed by atoms with Crippen LogP contribution in [0, 0.1) is 0 Å². The van der Waals surface area contributed by atoms with Gasteiger partial charge >= 0.3 is 0 Å². The Labute approximate surface area is 170 Å². The van der Waals surface area contributed by atoms with Crippen LogP contribution in [0.3, 0.4) is 0 Å². The maximum Gasteiger partial charge on any atom is 0.289 e. The van der Waals surface area contributed by atoms with Crippen molar-refractivity contribution < 1.29 is 9.59 Å². The second kappa shape index (κ2) is 7.25. The monoisotopic (exact) mass is 396 g/mol. The van der Waals surface area contributed by atoms with Gasteiger partial charge in [0.25, 0.3) is 5.91 Å². The summed E-state index contributed by atoms with van der Waals surface area (Å²) in [6.45, 7) is -0.115. The van der Waals surface area contributed by atoms with Gasteiger partial charge in [0.15, 0.2) is 5.78 Å². The zero-order valence-corrected chi connectivity index (χ0v) is 15.7. The molecule has 0 spiro atoms. The van der Waals surface area contributed by atoms with Crippen LogP contribution >= 0.6 is 0 Å². The smallest absolute Gasteiger partial charge is 0.289 e. The number of nitrogens with one attached hydrogen (secondary N) is 3. The van der Waals surface area contributed by atoms with Gasteiger partial charge in [-0.05, 0) is 24.3 Å². The molecule has 3 aromatic heterocycles. The highest BCUT2D eigenvalue weighted by atomic mass is 16.2. The van der Waals surface area contributed by atoms with Gasteiger partial charge < -0.3 is 10.4 Å². The Morgan fingerprint density at radius 2 is 1.63 bits per heavy atom. The normalized spacial score (nSPS) is 11.1. The van der Waals surface area contributed by atoms with E-state index >= 15 is 0 Å². The van der Waals surface area contributed by atoms with Crippen molar-refractivity contribution in [2.45, 2.75) is 0 Å². The molecule has 0 aliphatic carbocycles. The quantitative estimate of drug-likeness (QED) is 0.395. The molecule has 0 atom stereocenters. The van der Waals surface area contributed by atoms with Crippen molar-refractivity contribution in [3.05, 3.63) is 78.4 Å². The van der Waals surface area contributed by atoms with Gasteiger partial charge in [-0.25, -0.2) is 9.97 Å². The number of aromatic amines is 2. The molecular formula is C22H16N6O2. The number of pyridine rings is 1. The fourth-order valence-electron chi connectivity index (χ4n) is 3.33. The SMILES string of the molecule is O=C(CNC(=O)c1nc2cc3[nH][nH]c(-c4ccncc4)c3cc2n1)c1ccccc1. The summed E-state index contributed by atoms with van der Waals surface area (Å²) in [5, 5.41) is 9.80. The topological polar surface area (TPSA) is 116 Å². The molecule has 3 N–H and O–H groups in total. The maximum atomic E-state index is 12.5. The number of nitrogens with zero attached hydrogens (tertiary/aromatic N) is 3. The molecule has 0 saturated carbocycles. The zero-order chi connectivity index (χ0) is 20.5. The molecule has 146 valence electrons. The van der Waals surface area contributed by atoms with Crippen LogP contribution in [0.4, 0.5) is 0 Å². The third kappa shape index (κ3) is 3.20. The first kappa shape index (κ1) is 17.7. The lowest BCUT2D eigenvalue weighted by atomic mass is 10.1. The van der Waals surface area contributed by atoms with Crippen molar-refractivity contribution in [1.29, 1.82) is 0 Å². The van der Waals surface area contributed by atoms with Gasteiger partial charge in [-0.1, -0.05) is 30.3 Å². The molecule has 0 radical (unpaired) electrons. The molecular weight excluding hydrogens is 380 g/mol. The van der Waals surface area contributed by atoms with Crippen LogP contribution in [0.1, 0.15) is 21.0 Å². The Morgan fingerprint density at radius 3 is 2.40 bits per heavy atom. The summed E-state index contributed by atoms with van der Waals surface area (Å²) < 4.78 is 0.